The SMILES string of the molecule is O=C(O)c1nccnc1N1CC(CO)CC1=O. The summed E-state index contributed by atoms with van der Waals surface area (Å²) in [6, 6.07) is 0. The number of nitrogens with zero attached hydrogens (tertiary/aromatic N) is 3. The lowest BCUT2D eigenvalue weighted by Gasteiger charge is -2.16. The molecule has 1 amide bonds. The third-order valence-corrected chi connectivity index (χ3v) is 2.60. The Morgan fingerprint density at radius 3 is 2.76 bits per heavy atom. The first-order chi connectivity index (χ1) is 8.13. The predicted molar refractivity (Wildman–Crippen MR) is 56.5 cm³/mol. The Morgan fingerprint density at radius 2 is 2.18 bits per heavy atom. The number of aromatic carboxylic acids is 1. The van der Waals surface area contributed by atoms with Crippen LogP contribution < -0.4 is 4.90 Å². The summed E-state index contributed by atoms with van der Waals surface area (Å²) in [5.74, 6) is -1.60. The molecule has 2 rings (SSSR count). The number of carboxylic acids is 1. The second-order valence-corrected chi connectivity index (χ2v) is 3.79. The molecule has 17 heavy (non-hydrogen) atoms. The first-order valence-corrected chi connectivity index (χ1v) is 5.09. The van der Waals surface area contributed by atoms with Crippen molar-refractivity contribution in [2.45, 2.75) is 6.42 Å². The topological polar surface area (TPSA) is 104 Å². The molecular weight excluding hydrogens is 226 g/mol. The van der Waals surface area contributed by atoms with Gasteiger partial charge < -0.3 is 10.2 Å². The smallest absolute Gasteiger partial charge is 0.358 e. The molecule has 2 N–H and O–H groups in total. The third kappa shape index (κ3) is 2.09. The molecule has 2 heterocycles. The normalized spacial score (nSPS) is 19.7. The van der Waals surface area contributed by atoms with Gasteiger partial charge in [-0.25, -0.2) is 14.8 Å². The number of carbonyl (C=O) groups is 2. The molecule has 0 aromatic carbocycles. The van der Waals surface area contributed by atoms with E-state index in [-0.39, 0.29) is 42.9 Å². The zero-order chi connectivity index (χ0) is 12.4. The van der Waals surface area contributed by atoms with E-state index in [0.717, 1.165) is 0 Å². The van der Waals surface area contributed by atoms with E-state index in [1.54, 1.807) is 0 Å². The van der Waals surface area contributed by atoms with Gasteiger partial charge in [-0.05, 0) is 0 Å². The molecule has 0 radical (unpaired) electrons. The van der Waals surface area contributed by atoms with Crippen LogP contribution in [0.2, 0.25) is 0 Å². The maximum Gasteiger partial charge on any atom is 0.358 e. The quantitative estimate of drug-likeness (QED) is 0.735. The van der Waals surface area contributed by atoms with Crippen LogP contribution in [-0.4, -0.2) is 45.2 Å². The molecule has 1 atom stereocenters. The van der Waals surface area contributed by atoms with E-state index in [2.05, 4.69) is 9.97 Å². The number of hydrogen-bond donors (Lipinski definition) is 2. The van der Waals surface area contributed by atoms with Gasteiger partial charge >= 0.3 is 5.97 Å². The van der Waals surface area contributed by atoms with Crippen LogP contribution in [0.3, 0.4) is 0 Å². The molecule has 0 aliphatic carbocycles. The van der Waals surface area contributed by atoms with Crippen molar-refractivity contribution >= 4 is 17.7 Å². The molecule has 0 spiro atoms. The van der Waals surface area contributed by atoms with Crippen LogP contribution in [0.25, 0.3) is 0 Å². The van der Waals surface area contributed by atoms with Gasteiger partial charge in [0.05, 0.1) is 0 Å². The van der Waals surface area contributed by atoms with Gasteiger partial charge in [-0.2, -0.15) is 0 Å². The summed E-state index contributed by atoms with van der Waals surface area (Å²) < 4.78 is 0. The summed E-state index contributed by atoms with van der Waals surface area (Å²) in [7, 11) is 0. The molecule has 1 aromatic heterocycles. The zero-order valence-corrected chi connectivity index (χ0v) is 8.91. The number of rotatable bonds is 3. The van der Waals surface area contributed by atoms with Crippen molar-refractivity contribution in [3.63, 3.8) is 0 Å². The lowest BCUT2D eigenvalue weighted by molar-refractivity contribution is -0.117. The molecule has 1 fully saturated rings. The number of carbonyl (C=O) groups excluding carboxylic acids is 1. The maximum absolute atomic E-state index is 11.7. The number of anilines is 1. The van der Waals surface area contributed by atoms with E-state index < -0.39 is 5.97 Å². The molecule has 7 nitrogen and oxygen atoms in total. The average Bonchev–Trinajstić information content (AvgIpc) is 2.70. The van der Waals surface area contributed by atoms with Crippen LogP contribution in [0, 0.1) is 5.92 Å². The van der Waals surface area contributed by atoms with Crippen molar-refractivity contribution in [1.82, 2.24) is 9.97 Å². The molecule has 1 aromatic rings. The van der Waals surface area contributed by atoms with Gasteiger partial charge in [0.1, 0.15) is 0 Å². The minimum Gasteiger partial charge on any atom is -0.476 e. The summed E-state index contributed by atoms with van der Waals surface area (Å²) in [5.41, 5.74) is -0.251. The largest absolute Gasteiger partial charge is 0.476 e. The van der Waals surface area contributed by atoms with E-state index in [1.165, 1.54) is 17.3 Å². The van der Waals surface area contributed by atoms with Crippen LogP contribution in [0.5, 0.6) is 0 Å². The minimum absolute atomic E-state index is 0.0425. The monoisotopic (exact) mass is 237 g/mol. The van der Waals surface area contributed by atoms with Gasteiger partial charge in [-0.3, -0.25) is 9.69 Å². The first-order valence-electron chi connectivity index (χ1n) is 5.09. The van der Waals surface area contributed by atoms with Gasteiger partial charge in [0, 0.05) is 37.9 Å². The van der Waals surface area contributed by atoms with Crippen molar-refractivity contribution in [1.29, 1.82) is 0 Å². The van der Waals surface area contributed by atoms with E-state index in [0.29, 0.717) is 0 Å². The van der Waals surface area contributed by atoms with E-state index >= 15 is 0 Å². The predicted octanol–water partition coefficient (Wildman–Crippen LogP) is -0.480. The standard InChI is InChI=1S/C10H11N3O4/c14-5-6-3-7(15)13(4-6)9-8(10(16)17)11-1-2-12-9/h1-2,6,14H,3-5H2,(H,16,17). The fraction of sp³-hybridized carbons (Fsp3) is 0.400. The Labute approximate surface area is 96.7 Å². The highest BCUT2D eigenvalue weighted by atomic mass is 16.4. The van der Waals surface area contributed by atoms with Gasteiger partial charge in [0.15, 0.2) is 11.5 Å². The summed E-state index contributed by atoms with van der Waals surface area (Å²) in [4.78, 5) is 31.5. The second kappa shape index (κ2) is 4.46. The summed E-state index contributed by atoms with van der Waals surface area (Å²) in [6.45, 7) is 0.166. The lowest BCUT2D eigenvalue weighted by atomic mass is 10.1. The maximum atomic E-state index is 11.7. The molecular formula is C10H11N3O4. The van der Waals surface area contributed by atoms with Crippen LogP contribution in [0.4, 0.5) is 5.82 Å². The Bertz CT molecular complexity index is 463. The first kappa shape index (κ1) is 11.5. The van der Waals surface area contributed by atoms with E-state index in [9.17, 15) is 9.59 Å². The molecule has 1 aliphatic rings. The number of aliphatic hydroxyl groups is 1. The molecule has 1 aliphatic heterocycles. The lowest BCUT2D eigenvalue weighted by Crippen LogP contribution is -2.28. The molecule has 0 saturated carbocycles. The molecule has 7 heteroatoms. The molecule has 1 saturated heterocycles. The number of hydrogen-bond acceptors (Lipinski definition) is 5. The van der Waals surface area contributed by atoms with Crippen LogP contribution in [0.1, 0.15) is 16.9 Å². The summed E-state index contributed by atoms with van der Waals surface area (Å²) in [5, 5.41) is 17.9. The van der Waals surface area contributed by atoms with Crippen LogP contribution >= 0.6 is 0 Å². The summed E-state index contributed by atoms with van der Waals surface area (Å²) >= 11 is 0. The number of aromatic nitrogens is 2. The fourth-order valence-electron chi connectivity index (χ4n) is 1.79. The van der Waals surface area contributed by atoms with Crippen LogP contribution in [0.15, 0.2) is 12.4 Å². The highest BCUT2D eigenvalue weighted by Gasteiger charge is 2.33. The average molecular weight is 237 g/mol. The van der Waals surface area contributed by atoms with Crippen molar-refractivity contribution < 1.29 is 19.8 Å². The molecule has 90 valence electrons. The van der Waals surface area contributed by atoms with E-state index in [1.807, 2.05) is 0 Å². The summed E-state index contributed by atoms with van der Waals surface area (Å²) in [6.07, 6.45) is 2.80. The molecule has 0 bridgehead atoms. The Morgan fingerprint density at radius 1 is 1.47 bits per heavy atom. The van der Waals surface area contributed by atoms with Gasteiger partial charge in [0.2, 0.25) is 5.91 Å². The number of aliphatic hydroxyl groups excluding tert-OH is 1. The van der Waals surface area contributed by atoms with Gasteiger partial charge in [0.25, 0.3) is 0 Å². The van der Waals surface area contributed by atoms with Gasteiger partial charge in [-0.15, -0.1) is 0 Å². The fourth-order valence-corrected chi connectivity index (χ4v) is 1.79. The van der Waals surface area contributed by atoms with E-state index in [4.69, 9.17) is 10.2 Å². The van der Waals surface area contributed by atoms with Crippen molar-refractivity contribution in [3.8, 4) is 0 Å². The highest BCUT2D eigenvalue weighted by Crippen LogP contribution is 2.24. The van der Waals surface area contributed by atoms with Crippen molar-refractivity contribution in [2.24, 2.45) is 5.92 Å². The van der Waals surface area contributed by atoms with Crippen LogP contribution in [-0.2, 0) is 4.79 Å². The Hall–Kier alpha value is -2.02. The third-order valence-electron chi connectivity index (χ3n) is 2.60. The second-order valence-electron chi connectivity index (χ2n) is 3.79. The van der Waals surface area contributed by atoms with Gasteiger partial charge in [-0.1, -0.05) is 0 Å². The highest BCUT2D eigenvalue weighted by molar-refractivity contribution is 6.00. The zero-order valence-electron chi connectivity index (χ0n) is 8.91. The molecule has 1 unspecified atom stereocenters. The minimum atomic E-state index is -1.23. The number of carboxylic acid groups (broad SMARTS) is 1. The Balaban J connectivity index is 2.35. The van der Waals surface area contributed by atoms with Crippen molar-refractivity contribution in [2.75, 3.05) is 18.1 Å². The Kier molecular flexibility index (Phi) is 3.01. The number of amides is 1. The van der Waals surface area contributed by atoms with Crippen molar-refractivity contribution in [3.05, 3.63) is 18.1 Å².